The zero-order valence-electron chi connectivity index (χ0n) is 13.1. The summed E-state index contributed by atoms with van der Waals surface area (Å²) >= 11 is 5.93. The first kappa shape index (κ1) is 17.0. The van der Waals surface area contributed by atoms with Gasteiger partial charge < -0.3 is 15.3 Å². The summed E-state index contributed by atoms with van der Waals surface area (Å²) in [6.07, 6.45) is 0.337. The second-order valence-corrected chi connectivity index (χ2v) is 5.72. The lowest BCUT2D eigenvalue weighted by Gasteiger charge is -2.14. The maximum atomic E-state index is 10.5. The van der Waals surface area contributed by atoms with Crippen LogP contribution in [0.5, 0.6) is 0 Å². The maximum Gasteiger partial charge on any atom is 0.404 e. The summed E-state index contributed by atoms with van der Waals surface area (Å²) in [7, 11) is 3.77. The fourth-order valence-electron chi connectivity index (χ4n) is 2.04. The summed E-state index contributed by atoms with van der Waals surface area (Å²) in [5.74, 6) is 0.624. The molecule has 0 unspecified atom stereocenters. The number of aromatic nitrogens is 2. The Bertz CT molecular complexity index is 674. The molecule has 122 valence electrons. The largest absolute Gasteiger partial charge is 0.465 e. The van der Waals surface area contributed by atoms with E-state index in [0.717, 1.165) is 17.0 Å². The average Bonchev–Trinajstić information content (AvgIpc) is 2.52. The van der Waals surface area contributed by atoms with Gasteiger partial charge in [-0.15, -0.1) is 0 Å². The van der Waals surface area contributed by atoms with Crippen LogP contribution in [-0.4, -0.2) is 41.8 Å². The van der Waals surface area contributed by atoms with Crippen molar-refractivity contribution >= 4 is 23.6 Å². The molecule has 0 spiro atoms. The Labute approximate surface area is 140 Å². The Morgan fingerprint density at radius 1 is 1.26 bits per heavy atom. The van der Waals surface area contributed by atoms with Crippen LogP contribution in [-0.2, 0) is 6.42 Å². The lowest BCUT2D eigenvalue weighted by Crippen LogP contribution is -2.22. The molecule has 7 heteroatoms. The molecule has 1 aromatic heterocycles. The minimum absolute atomic E-state index is 0.396. The number of aryl methyl sites for hydroxylation is 1. The van der Waals surface area contributed by atoms with Crippen LogP contribution in [0, 0.1) is 0 Å². The minimum atomic E-state index is -1.01. The van der Waals surface area contributed by atoms with Crippen LogP contribution in [0.3, 0.4) is 0 Å². The van der Waals surface area contributed by atoms with Crippen molar-refractivity contribution in [3.63, 3.8) is 0 Å². The average molecular weight is 335 g/mol. The van der Waals surface area contributed by atoms with E-state index in [1.54, 1.807) is 0 Å². The molecule has 0 saturated carbocycles. The number of carboxylic acid groups (broad SMARTS) is 1. The summed E-state index contributed by atoms with van der Waals surface area (Å²) < 4.78 is 0. The van der Waals surface area contributed by atoms with Crippen molar-refractivity contribution in [2.45, 2.75) is 12.8 Å². The third-order valence-electron chi connectivity index (χ3n) is 3.19. The summed E-state index contributed by atoms with van der Waals surface area (Å²) in [4.78, 5) is 21.4. The third kappa shape index (κ3) is 5.10. The Morgan fingerprint density at radius 3 is 2.57 bits per heavy atom. The van der Waals surface area contributed by atoms with Crippen molar-refractivity contribution < 1.29 is 9.90 Å². The quantitative estimate of drug-likeness (QED) is 0.794. The molecule has 0 atom stereocenters. The molecule has 0 aliphatic carbocycles. The van der Waals surface area contributed by atoms with Gasteiger partial charge in [0.2, 0.25) is 5.95 Å². The molecular weight excluding hydrogens is 316 g/mol. The van der Waals surface area contributed by atoms with Gasteiger partial charge in [-0.05, 0) is 31.0 Å². The molecule has 0 saturated heterocycles. The molecule has 0 bridgehead atoms. The van der Waals surface area contributed by atoms with E-state index in [1.165, 1.54) is 0 Å². The zero-order valence-corrected chi connectivity index (χ0v) is 13.8. The van der Waals surface area contributed by atoms with Crippen molar-refractivity contribution in [3.05, 3.63) is 41.0 Å². The van der Waals surface area contributed by atoms with E-state index in [2.05, 4.69) is 15.3 Å². The van der Waals surface area contributed by atoms with Crippen LogP contribution in [0.1, 0.15) is 12.1 Å². The van der Waals surface area contributed by atoms with Crippen molar-refractivity contribution in [1.82, 2.24) is 15.3 Å². The summed E-state index contributed by atoms with van der Waals surface area (Å²) in [5.41, 5.74) is 2.66. The highest BCUT2D eigenvalue weighted by Crippen LogP contribution is 2.22. The van der Waals surface area contributed by atoms with Gasteiger partial charge >= 0.3 is 6.09 Å². The molecule has 23 heavy (non-hydrogen) atoms. The zero-order chi connectivity index (χ0) is 16.8. The smallest absolute Gasteiger partial charge is 0.404 e. The fourth-order valence-corrected chi connectivity index (χ4v) is 2.17. The number of benzene rings is 1. The second kappa shape index (κ2) is 7.78. The van der Waals surface area contributed by atoms with Gasteiger partial charge in [-0.3, -0.25) is 0 Å². The van der Waals surface area contributed by atoms with Gasteiger partial charge in [0.15, 0.2) is 0 Å². The molecule has 2 rings (SSSR count). The number of hydrogen-bond donors (Lipinski definition) is 2. The highest BCUT2D eigenvalue weighted by Gasteiger charge is 2.08. The van der Waals surface area contributed by atoms with E-state index >= 15 is 0 Å². The molecule has 1 aromatic carbocycles. The van der Waals surface area contributed by atoms with Gasteiger partial charge in [-0.2, -0.15) is 0 Å². The Hall–Kier alpha value is -2.34. The second-order valence-electron chi connectivity index (χ2n) is 5.28. The van der Waals surface area contributed by atoms with Crippen LogP contribution >= 0.6 is 11.6 Å². The standard InChI is InChI=1S/C16H19ClN4O2/c1-21(2)15-19-13(4-3-9-18-16(22)23)10-14(20-15)11-5-7-12(17)8-6-11/h5-8,10,18H,3-4,9H2,1-2H3,(H,22,23). The number of amides is 1. The maximum absolute atomic E-state index is 10.5. The van der Waals surface area contributed by atoms with E-state index < -0.39 is 6.09 Å². The van der Waals surface area contributed by atoms with E-state index in [1.807, 2.05) is 49.3 Å². The first-order valence-electron chi connectivity index (χ1n) is 7.23. The third-order valence-corrected chi connectivity index (χ3v) is 3.45. The van der Waals surface area contributed by atoms with Crippen LogP contribution < -0.4 is 10.2 Å². The van der Waals surface area contributed by atoms with Crippen molar-refractivity contribution in [3.8, 4) is 11.3 Å². The number of nitrogens with one attached hydrogen (secondary N) is 1. The summed E-state index contributed by atoms with van der Waals surface area (Å²) in [5, 5.41) is 11.6. The van der Waals surface area contributed by atoms with Gasteiger partial charge in [-0.1, -0.05) is 23.7 Å². The van der Waals surface area contributed by atoms with Gasteiger partial charge in [0.25, 0.3) is 0 Å². The molecule has 0 radical (unpaired) electrons. The predicted molar refractivity (Wildman–Crippen MR) is 91.2 cm³/mol. The number of carbonyl (C=O) groups is 1. The van der Waals surface area contributed by atoms with Crippen molar-refractivity contribution in [2.24, 2.45) is 0 Å². The lowest BCUT2D eigenvalue weighted by molar-refractivity contribution is 0.194. The number of hydrogen-bond acceptors (Lipinski definition) is 4. The van der Waals surface area contributed by atoms with Crippen molar-refractivity contribution in [1.29, 1.82) is 0 Å². The van der Waals surface area contributed by atoms with E-state index in [9.17, 15) is 4.79 Å². The van der Waals surface area contributed by atoms with Gasteiger partial charge in [0, 0.05) is 36.9 Å². The first-order chi connectivity index (χ1) is 11.0. The number of nitrogens with zero attached hydrogens (tertiary/aromatic N) is 3. The molecule has 1 heterocycles. The molecule has 0 fully saturated rings. The topological polar surface area (TPSA) is 78.4 Å². The minimum Gasteiger partial charge on any atom is -0.465 e. The van der Waals surface area contributed by atoms with Crippen LogP contribution in [0.15, 0.2) is 30.3 Å². The molecule has 0 aliphatic heterocycles. The van der Waals surface area contributed by atoms with E-state index in [-0.39, 0.29) is 0 Å². The van der Waals surface area contributed by atoms with Gasteiger partial charge in [0.1, 0.15) is 0 Å². The molecule has 2 N–H and O–H groups in total. The molecule has 1 amide bonds. The number of rotatable bonds is 6. The predicted octanol–water partition coefficient (Wildman–Crippen LogP) is 3.06. The molecular formula is C16H19ClN4O2. The van der Waals surface area contributed by atoms with Gasteiger partial charge in [0.05, 0.1) is 5.69 Å². The summed E-state index contributed by atoms with van der Waals surface area (Å²) in [6, 6.07) is 9.41. The van der Waals surface area contributed by atoms with Gasteiger partial charge in [-0.25, -0.2) is 14.8 Å². The summed E-state index contributed by atoms with van der Waals surface area (Å²) in [6.45, 7) is 0.396. The van der Waals surface area contributed by atoms with Crippen molar-refractivity contribution in [2.75, 3.05) is 25.5 Å². The van der Waals surface area contributed by atoms with E-state index in [4.69, 9.17) is 16.7 Å². The Morgan fingerprint density at radius 2 is 1.96 bits per heavy atom. The Kier molecular flexibility index (Phi) is 5.76. The highest BCUT2D eigenvalue weighted by atomic mass is 35.5. The normalized spacial score (nSPS) is 10.4. The molecule has 2 aromatic rings. The highest BCUT2D eigenvalue weighted by molar-refractivity contribution is 6.30. The SMILES string of the molecule is CN(C)c1nc(CCCNC(=O)O)cc(-c2ccc(Cl)cc2)n1. The lowest BCUT2D eigenvalue weighted by atomic mass is 10.1. The fraction of sp³-hybridized carbons (Fsp3) is 0.312. The monoisotopic (exact) mass is 334 g/mol. The Balaban J connectivity index is 2.21. The number of halogens is 1. The van der Waals surface area contributed by atoms with Crippen LogP contribution in [0.4, 0.5) is 10.7 Å². The van der Waals surface area contributed by atoms with E-state index in [0.29, 0.717) is 30.4 Å². The van der Waals surface area contributed by atoms with Crippen LogP contribution in [0.2, 0.25) is 5.02 Å². The molecule has 6 nitrogen and oxygen atoms in total. The number of anilines is 1. The molecule has 0 aliphatic rings. The first-order valence-corrected chi connectivity index (χ1v) is 7.61. The van der Waals surface area contributed by atoms with Crippen LogP contribution in [0.25, 0.3) is 11.3 Å².